The van der Waals surface area contributed by atoms with E-state index in [1.54, 1.807) is 6.20 Å². The van der Waals surface area contributed by atoms with E-state index >= 15 is 0 Å². The number of thiophene rings is 1. The van der Waals surface area contributed by atoms with Crippen molar-refractivity contribution in [3.8, 4) is 0 Å². The number of nitrogens with zero attached hydrogens (tertiary/aromatic N) is 3. The third-order valence-corrected chi connectivity index (χ3v) is 4.97. The molecule has 0 spiro atoms. The van der Waals surface area contributed by atoms with Crippen molar-refractivity contribution in [1.29, 1.82) is 0 Å². The molecular weight excluding hydrogens is 409 g/mol. The van der Waals surface area contributed by atoms with Gasteiger partial charge in [0.25, 0.3) is 0 Å². The topological polar surface area (TPSA) is 54.2 Å². The van der Waals surface area contributed by atoms with E-state index in [-0.39, 0.29) is 0 Å². The van der Waals surface area contributed by atoms with E-state index in [1.807, 2.05) is 28.3 Å². The van der Waals surface area contributed by atoms with Crippen molar-refractivity contribution in [3.63, 3.8) is 0 Å². The highest BCUT2D eigenvalue weighted by Crippen LogP contribution is 2.18. The van der Waals surface area contributed by atoms with E-state index in [9.17, 15) is 0 Å². The van der Waals surface area contributed by atoms with E-state index < -0.39 is 0 Å². The van der Waals surface area contributed by atoms with Crippen LogP contribution in [0.1, 0.15) is 18.2 Å². The zero-order valence-electron chi connectivity index (χ0n) is 12.8. The summed E-state index contributed by atoms with van der Waals surface area (Å²) in [5.41, 5.74) is 0. The molecule has 0 fully saturated rings. The third kappa shape index (κ3) is 6.35. The molecule has 0 atom stereocenters. The highest BCUT2D eigenvalue weighted by molar-refractivity contribution is 14.1. The fraction of sp³-hybridized carbons (Fsp3) is 0.467. The highest BCUT2D eigenvalue weighted by atomic mass is 127. The lowest BCUT2D eigenvalue weighted by Gasteiger charge is -2.10. The first-order valence-corrected chi connectivity index (χ1v) is 9.41. The minimum absolute atomic E-state index is 0.798. The molecule has 2 heterocycles. The number of aromatic nitrogens is 2. The van der Waals surface area contributed by atoms with Gasteiger partial charge in [0.05, 0.1) is 2.88 Å². The molecular formula is C15H22IN5S. The normalized spacial score (nSPS) is 11.6. The second-order valence-corrected chi connectivity index (χ2v) is 7.83. The van der Waals surface area contributed by atoms with Crippen LogP contribution in [0.2, 0.25) is 0 Å². The maximum Gasteiger partial charge on any atom is 0.191 e. The summed E-state index contributed by atoms with van der Waals surface area (Å²) >= 11 is 4.21. The average molecular weight is 431 g/mol. The quantitative estimate of drug-likeness (QED) is 0.293. The van der Waals surface area contributed by atoms with E-state index in [0.717, 1.165) is 45.0 Å². The van der Waals surface area contributed by atoms with E-state index in [0.29, 0.717) is 0 Å². The lowest BCUT2D eigenvalue weighted by atomic mass is 10.3. The summed E-state index contributed by atoms with van der Waals surface area (Å²) in [7, 11) is 0. The highest BCUT2D eigenvalue weighted by Gasteiger charge is 2.00. The maximum absolute atomic E-state index is 4.60. The zero-order valence-corrected chi connectivity index (χ0v) is 15.7. The van der Waals surface area contributed by atoms with Gasteiger partial charge < -0.3 is 10.6 Å². The number of halogens is 1. The molecule has 22 heavy (non-hydrogen) atoms. The predicted octanol–water partition coefficient (Wildman–Crippen LogP) is 2.74. The number of nitrogens with one attached hydrogen (secondary N) is 2. The number of aryl methyl sites for hydroxylation is 1. The SMILES string of the molecule is CCNC(=NCCCn1cccn1)NCCc1ccc(I)s1. The minimum atomic E-state index is 0.798. The van der Waals surface area contributed by atoms with Gasteiger partial charge in [-0.2, -0.15) is 5.10 Å². The summed E-state index contributed by atoms with van der Waals surface area (Å²) in [6.45, 7) is 5.57. The molecule has 0 aliphatic heterocycles. The molecule has 2 aromatic heterocycles. The molecule has 0 unspecified atom stereocenters. The molecule has 120 valence electrons. The predicted molar refractivity (Wildman–Crippen MR) is 102 cm³/mol. The number of rotatable bonds is 8. The van der Waals surface area contributed by atoms with E-state index in [4.69, 9.17) is 0 Å². The molecule has 7 heteroatoms. The van der Waals surface area contributed by atoms with E-state index in [2.05, 4.69) is 62.4 Å². The van der Waals surface area contributed by atoms with Gasteiger partial charge in [0.1, 0.15) is 0 Å². The Hall–Kier alpha value is -1.09. The van der Waals surface area contributed by atoms with Crippen molar-refractivity contribution < 1.29 is 0 Å². The fourth-order valence-electron chi connectivity index (χ4n) is 1.99. The first kappa shape index (κ1) is 17.3. The van der Waals surface area contributed by atoms with Crippen molar-refractivity contribution in [1.82, 2.24) is 20.4 Å². The number of hydrogen-bond acceptors (Lipinski definition) is 3. The molecule has 0 amide bonds. The second kappa shape index (κ2) is 9.83. The molecule has 5 nitrogen and oxygen atoms in total. The Balaban J connectivity index is 1.69. The summed E-state index contributed by atoms with van der Waals surface area (Å²) in [5.74, 6) is 0.897. The lowest BCUT2D eigenvalue weighted by molar-refractivity contribution is 0.584. The van der Waals surface area contributed by atoms with Crippen LogP contribution in [0.15, 0.2) is 35.6 Å². The van der Waals surface area contributed by atoms with Gasteiger partial charge in [-0.25, -0.2) is 0 Å². The molecule has 0 radical (unpaired) electrons. The number of guanidine groups is 1. The van der Waals surface area contributed by atoms with Crippen LogP contribution in [0.3, 0.4) is 0 Å². The minimum Gasteiger partial charge on any atom is -0.357 e. The zero-order chi connectivity index (χ0) is 15.6. The Morgan fingerprint density at radius 2 is 2.32 bits per heavy atom. The van der Waals surface area contributed by atoms with Crippen molar-refractivity contribution in [2.24, 2.45) is 4.99 Å². The van der Waals surface area contributed by atoms with Crippen LogP contribution in [-0.4, -0.2) is 35.4 Å². The molecule has 0 saturated heterocycles. The summed E-state index contributed by atoms with van der Waals surface area (Å²) in [4.78, 5) is 6.01. The first-order valence-electron chi connectivity index (χ1n) is 7.51. The van der Waals surface area contributed by atoms with Crippen molar-refractivity contribution in [2.75, 3.05) is 19.6 Å². The summed E-state index contributed by atoms with van der Waals surface area (Å²) in [6, 6.07) is 6.30. The van der Waals surface area contributed by atoms with Gasteiger partial charge in [0, 0.05) is 43.4 Å². The van der Waals surface area contributed by atoms with E-state index in [1.165, 1.54) is 7.76 Å². The third-order valence-electron chi connectivity index (χ3n) is 3.01. The van der Waals surface area contributed by atoms with Gasteiger partial charge in [-0.3, -0.25) is 9.67 Å². The fourth-order valence-corrected chi connectivity index (χ4v) is 3.74. The van der Waals surface area contributed by atoms with Crippen molar-refractivity contribution in [2.45, 2.75) is 26.3 Å². The Kier molecular flexibility index (Phi) is 7.72. The van der Waals surface area contributed by atoms with Crippen LogP contribution in [0.4, 0.5) is 0 Å². The first-order chi connectivity index (χ1) is 10.8. The van der Waals surface area contributed by atoms with Crippen LogP contribution in [0.25, 0.3) is 0 Å². The van der Waals surface area contributed by atoms with Gasteiger partial charge in [0.15, 0.2) is 5.96 Å². The Morgan fingerprint density at radius 1 is 1.41 bits per heavy atom. The second-order valence-electron chi connectivity index (χ2n) is 4.77. The van der Waals surface area contributed by atoms with Crippen LogP contribution in [-0.2, 0) is 13.0 Å². The molecule has 0 saturated carbocycles. The molecule has 0 aliphatic rings. The molecule has 0 aromatic carbocycles. The summed E-state index contributed by atoms with van der Waals surface area (Å²) in [5, 5.41) is 10.9. The Labute approximate surface area is 149 Å². The van der Waals surface area contributed by atoms with Gasteiger partial charge in [-0.05, 0) is 60.6 Å². The van der Waals surface area contributed by atoms with Gasteiger partial charge in [-0.15, -0.1) is 11.3 Å². The lowest BCUT2D eigenvalue weighted by Crippen LogP contribution is -2.38. The Bertz CT molecular complexity index is 564. The molecule has 0 bridgehead atoms. The number of aliphatic imine (C=N–C) groups is 1. The summed E-state index contributed by atoms with van der Waals surface area (Å²) in [6.07, 6.45) is 5.81. The monoisotopic (exact) mass is 431 g/mol. The van der Waals surface area contributed by atoms with Crippen LogP contribution >= 0.6 is 33.9 Å². The molecule has 0 aliphatic carbocycles. The standard InChI is InChI=1S/C15H22IN5S/c1-2-17-15(18-8-3-11-21-12-4-9-20-21)19-10-7-13-5-6-14(16)22-13/h4-6,9,12H,2-3,7-8,10-11H2,1H3,(H2,17,18,19). The van der Waals surface area contributed by atoms with Crippen LogP contribution < -0.4 is 10.6 Å². The molecule has 2 rings (SSSR count). The van der Waals surface area contributed by atoms with Gasteiger partial charge >= 0.3 is 0 Å². The van der Waals surface area contributed by atoms with Gasteiger partial charge in [0.2, 0.25) is 0 Å². The summed E-state index contributed by atoms with van der Waals surface area (Å²) < 4.78 is 3.28. The van der Waals surface area contributed by atoms with Crippen LogP contribution in [0.5, 0.6) is 0 Å². The smallest absolute Gasteiger partial charge is 0.191 e. The van der Waals surface area contributed by atoms with Crippen LogP contribution in [0, 0.1) is 2.88 Å². The molecule has 2 N–H and O–H groups in total. The van der Waals surface area contributed by atoms with Crippen molar-refractivity contribution in [3.05, 3.63) is 38.4 Å². The maximum atomic E-state index is 4.60. The number of hydrogen-bond donors (Lipinski definition) is 2. The Morgan fingerprint density at radius 3 is 3.00 bits per heavy atom. The van der Waals surface area contributed by atoms with Crippen molar-refractivity contribution >= 4 is 39.9 Å². The molecule has 2 aromatic rings. The van der Waals surface area contributed by atoms with Gasteiger partial charge in [-0.1, -0.05) is 0 Å². The largest absolute Gasteiger partial charge is 0.357 e. The average Bonchev–Trinajstić information content (AvgIpc) is 3.15.